The van der Waals surface area contributed by atoms with Gasteiger partial charge in [0, 0.05) is 16.8 Å². The fourth-order valence-electron chi connectivity index (χ4n) is 3.03. The zero-order chi connectivity index (χ0) is 20.9. The summed E-state index contributed by atoms with van der Waals surface area (Å²) in [5.41, 5.74) is 3.09. The molecule has 0 fully saturated rings. The fourth-order valence-corrected chi connectivity index (χ4v) is 4.94. The highest BCUT2D eigenvalue weighted by Gasteiger charge is 2.18. The normalized spacial score (nSPS) is 11.9. The molecule has 152 valence electrons. The first kappa shape index (κ1) is 20.4. The first-order chi connectivity index (χ1) is 14.6. The van der Waals surface area contributed by atoms with Crippen LogP contribution in [0.5, 0.6) is 0 Å². The number of carbonyl (C=O) groups excluding carboxylic acids is 1. The van der Waals surface area contributed by atoms with Crippen molar-refractivity contribution >= 4 is 56.3 Å². The van der Waals surface area contributed by atoms with Crippen LogP contribution in [-0.2, 0) is 11.2 Å². The highest BCUT2D eigenvalue weighted by atomic mass is 32.2. The number of nitrogens with one attached hydrogen (secondary N) is 2. The second kappa shape index (κ2) is 9.28. The molecule has 5 nitrogen and oxygen atoms in total. The van der Waals surface area contributed by atoms with Crippen molar-refractivity contribution in [3.8, 4) is 0 Å². The van der Waals surface area contributed by atoms with E-state index in [0.717, 1.165) is 32.9 Å². The van der Waals surface area contributed by atoms with Gasteiger partial charge in [-0.3, -0.25) is 4.79 Å². The second-order valence-corrected chi connectivity index (χ2v) is 9.39. The zero-order valence-corrected chi connectivity index (χ0v) is 18.4. The maximum Gasteiger partial charge on any atom is 0.237 e. The molecular weight excluding hydrogens is 412 g/mol. The summed E-state index contributed by atoms with van der Waals surface area (Å²) in [6.45, 7) is 4.01. The largest absolute Gasteiger partial charge is 0.330 e. The number of amides is 1. The molecule has 4 aromatic rings. The maximum absolute atomic E-state index is 12.7. The summed E-state index contributed by atoms with van der Waals surface area (Å²) in [5.74, 6) is -0.0591. The van der Waals surface area contributed by atoms with Crippen LogP contribution in [0.15, 0.2) is 71.1 Å². The predicted molar refractivity (Wildman–Crippen MR) is 127 cm³/mol. The maximum atomic E-state index is 12.7. The van der Waals surface area contributed by atoms with Crippen molar-refractivity contribution in [2.75, 3.05) is 10.6 Å². The summed E-state index contributed by atoms with van der Waals surface area (Å²) in [6.07, 6.45) is 1.01. The molecule has 0 bridgehead atoms. The van der Waals surface area contributed by atoms with Crippen molar-refractivity contribution < 1.29 is 4.79 Å². The minimum absolute atomic E-state index is 0.0591. The SMILES string of the molecule is CCc1ccc(Nc2nnc(SC(C)C(=O)Nc3cccc4ccccc34)s2)cc1. The number of hydrogen-bond donors (Lipinski definition) is 2. The van der Waals surface area contributed by atoms with Crippen molar-refractivity contribution in [1.82, 2.24) is 10.2 Å². The molecule has 0 aliphatic carbocycles. The molecule has 0 radical (unpaired) electrons. The Balaban J connectivity index is 1.38. The molecule has 1 amide bonds. The molecule has 7 heteroatoms. The first-order valence-corrected chi connectivity index (χ1v) is 11.5. The molecule has 1 unspecified atom stereocenters. The van der Waals surface area contributed by atoms with Crippen molar-refractivity contribution in [2.45, 2.75) is 29.9 Å². The lowest BCUT2D eigenvalue weighted by molar-refractivity contribution is -0.115. The molecule has 2 N–H and O–H groups in total. The molecule has 0 saturated carbocycles. The Hall–Kier alpha value is -2.90. The summed E-state index contributed by atoms with van der Waals surface area (Å²) in [5, 5.41) is 17.3. The lowest BCUT2D eigenvalue weighted by Gasteiger charge is -2.12. The van der Waals surface area contributed by atoms with E-state index in [-0.39, 0.29) is 11.2 Å². The van der Waals surface area contributed by atoms with Crippen LogP contribution in [0.3, 0.4) is 0 Å². The Morgan fingerprint density at radius 2 is 1.80 bits per heavy atom. The average Bonchev–Trinajstić information content (AvgIpc) is 3.21. The lowest BCUT2D eigenvalue weighted by Crippen LogP contribution is -2.22. The van der Waals surface area contributed by atoms with E-state index in [1.165, 1.54) is 28.7 Å². The predicted octanol–water partition coefficient (Wildman–Crippen LogP) is 6.12. The van der Waals surface area contributed by atoms with E-state index in [1.807, 2.05) is 61.5 Å². The van der Waals surface area contributed by atoms with Gasteiger partial charge >= 0.3 is 0 Å². The molecule has 1 heterocycles. The molecule has 0 aliphatic rings. The van der Waals surface area contributed by atoms with Crippen molar-refractivity contribution in [3.05, 3.63) is 72.3 Å². The Labute approximate surface area is 183 Å². The topological polar surface area (TPSA) is 66.9 Å². The van der Waals surface area contributed by atoms with Crippen LogP contribution < -0.4 is 10.6 Å². The number of nitrogens with zero attached hydrogens (tertiary/aromatic N) is 2. The summed E-state index contributed by atoms with van der Waals surface area (Å²) in [7, 11) is 0. The molecular formula is C23H22N4OS2. The number of aryl methyl sites for hydroxylation is 1. The molecule has 4 rings (SSSR count). The number of rotatable bonds is 7. The highest BCUT2D eigenvalue weighted by Crippen LogP contribution is 2.31. The fraction of sp³-hybridized carbons (Fsp3) is 0.174. The van der Waals surface area contributed by atoms with Gasteiger partial charge in [0.25, 0.3) is 0 Å². The van der Waals surface area contributed by atoms with Gasteiger partial charge in [0.15, 0.2) is 4.34 Å². The van der Waals surface area contributed by atoms with Gasteiger partial charge in [-0.2, -0.15) is 0 Å². The summed E-state index contributed by atoms with van der Waals surface area (Å²) >= 11 is 2.85. The minimum atomic E-state index is -0.298. The van der Waals surface area contributed by atoms with Gasteiger partial charge in [0.05, 0.1) is 5.25 Å². The molecule has 0 aliphatic heterocycles. The van der Waals surface area contributed by atoms with E-state index in [4.69, 9.17) is 0 Å². The molecule has 1 aromatic heterocycles. The molecule has 30 heavy (non-hydrogen) atoms. The molecule has 0 saturated heterocycles. The van der Waals surface area contributed by atoms with Crippen molar-refractivity contribution in [2.24, 2.45) is 0 Å². The Kier molecular flexibility index (Phi) is 6.30. The van der Waals surface area contributed by atoms with E-state index in [1.54, 1.807) is 0 Å². The number of fused-ring (bicyclic) bond motifs is 1. The van der Waals surface area contributed by atoms with Gasteiger partial charge < -0.3 is 10.6 Å². The Morgan fingerprint density at radius 1 is 1.03 bits per heavy atom. The standard InChI is InChI=1S/C23H22N4OS2/c1-3-16-11-13-18(14-12-16)24-22-26-27-23(30-22)29-15(2)21(28)25-20-10-6-8-17-7-4-5-9-19(17)20/h4-15H,3H2,1-2H3,(H,24,26)(H,25,28). The van der Waals surface area contributed by atoms with Crippen LogP contribution >= 0.6 is 23.1 Å². The van der Waals surface area contributed by atoms with Gasteiger partial charge in [-0.05, 0) is 42.5 Å². The van der Waals surface area contributed by atoms with E-state index >= 15 is 0 Å². The monoisotopic (exact) mass is 434 g/mol. The van der Waals surface area contributed by atoms with E-state index in [0.29, 0.717) is 5.13 Å². The number of hydrogen-bond acceptors (Lipinski definition) is 6. The first-order valence-electron chi connectivity index (χ1n) is 9.77. The quantitative estimate of drug-likeness (QED) is 0.343. The van der Waals surface area contributed by atoms with Crippen LogP contribution in [-0.4, -0.2) is 21.4 Å². The van der Waals surface area contributed by atoms with Gasteiger partial charge in [0.1, 0.15) is 0 Å². The smallest absolute Gasteiger partial charge is 0.237 e. The van der Waals surface area contributed by atoms with Crippen LogP contribution in [0.2, 0.25) is 0 Å². The number of carbonyl (C=O) groups is 1. The zero-order valence-electron chi connectivity index (χ0n) is 16.8. The van der Waals surface area contributed by atoms with E-state index in [9.17, 15) is 4.79 Å². The van der Waals surface area contributed by atoms with Crippen LogP contribution in [0.4, 0.5) is 16.5 Å². The third-order valence-corrected chi connectivity index (χ3v) is 6.74. The number of aromatic nitrogens is 2. The van der Waals surface area contributed by atoms with Gasteiger partial charge in [-0.1, -0.05) is 78.6 Å². The van der Waals surface area contributed by atoms with Crippen LogP contribution in [0.1, 0.15) is 19.4 Å². The number of thioether (sulfide) groups is 1. The Bertz CT molecular complexity index is 1150. The number of anilines is 3. The van der Waals surface area contributed by atoms with Crippen LogP contribution in [0.25, 0.3) is 10.8 Å². The second-order valence-electron chi connectivity index (χ2n) is 6.82. The van der Waals surface area contributed by atoms with E-state index in [2.05, 4.69) is 39.9 Å². The highest BCUT2D eigenvalue weighted by molar-refractivity contribution is 8.02. The average molecular weight is 435 g/mol. The minimum Gasteiger partial charge on any atom is -0.330 e. The Morgan fingerprint density at radius 3 is 2.60 bits per heavy atom. The van der Waals surface area contributed by atoms with Crippen LogP contribution in [0, 0.1) is 0 Å². The number of benzene rings is 3. The van der Waals surface area contributed by atoms with Gasteiger partial charge in [0.2, 0.25) is 11.0 Å². The summed E-state index contributed by atoms with van der Waals surface area (Å²) < 4.78 is 0.753. The molecule has 3 aromatic carbocycles. The molecule has 0 spiro atoms. The van der Waals surface area contributed by atoms with Gasteiger partial charge in [-0.15, -0.1) is 10.2 Å². The summed E-state index contributed by atoms with van der Waals surface area (Å²) in [6, 6.07) is 22.2. The van der Waals surface area contributed by atoms with Crippen molar-refractivity contribution in [3.63, 3.8) is 0 Å². The third-order valence-electron chi connectivity index (χ3n) is 4.71. The third kappa shape index (κ3) is 4.80. The van der Waals surface area contributed by atoms with E-state index < -0.39 is 0 Å². The molecule has 1 atom stereocenters. The van der Waals surface area contributed by atoms with Gasteiger partial charge in [-0.25, -0.2) is 0 Å². The lowest BCUT2D eigenvalue weighted by atomic mass is 10.1. The van der Waals surface area contributed by atoms with Crippen molar-refractivity contribution in [1.29, 1.82) is 0 Å². The summed E-state index contributed by atoms with van der Waals surface area (Å²) in [4.78, 5) is 12.7.